The third-order valence-corrected chi connectivity index (χ3v) is 5.22. The molecule has 9 heteroatoms. The van der Waals surface area contributed by atoms with Crippen molar-refractivity contribution < 1.29 is 19.1 Å². The van der Waals surface area contributed by atoms with Crippen molar-refractivity contribution in [2.24, 2.45) is 5.92 Å². The third kappa shape index (κ3) is 7.74. The number of likely N-dealkylation sites (tertiary alicyclic amines) is 1. The van der Waals surface area contributed by atoms with Gasteiger partial charge in [-0.3, -0.25) is 9.59 Å². The molecule has 1 aromatic carbocycles. The summed E-state index contributed by atoms with van der Waals surface area (Å²) in [5.74, 6) is -0.0672. The van der Waals surface area contributed by atoms with Crippen molar-refractivity contribution in [3.05, 3.63) is 33.8 Å². The van der Waals surface area contributed by atoms with Crippen LogP contribution in [0.5, 0.6) is 0 Å². The van der Waals surface area contributed by atoms with Gasteiger partial charge in [-0.25, -0.2) is 4.79 Å². The molecule has 0 bridgehead atoms. The number of ether oxygens (including phenoxy) is 1. The Morgan fingerprint density at radius 1 is 1.10 bits per heavy atom. The molecule has 0 aromatic heterocycles. The maximum Gasteiger partial charge on any atom is 0.408 e. The minimum absolute atomic E-state index is 0.0896. The van der Waals surface area contributed by atoms with Gasteiger partial charge in [0.05, 0.1) is 10.0 Å². The first-order chi connectivity index (χ1) is 13.5. The van der Waals surface area contributed by atoms with Crippen LogP contribution < -0.4 is 10.6 Å². The summed E-state index contributed by atoms with van der Waals surface area (Å²) < 4.78 is 5.12. The SMILES string of the molecule is CC(C)(C)OC(=O)NCC(=O)N1CCC(CNC(=O)c2ccc(Cl)c(Cl)c2)CC1. The summed E-state index contributed by atoms with van der Waals surface area (Å²) in [5, 5.41) is 6.13. The van der Waals surface area contributed by atoms with E-state index in [1.807, 2.05) is 0 Å². The van der Waals surface area contributed by atoms with Crippen LogP contribution >= 0.6 is 23.2 Å². The van der Waals surface area contributed by atoms with E-state index in [1.54, 1.807) is 37.8 Å². The average Bonchev–Trinajstić information content (AvgIpc) is 2.65. The van der Waals surface area contributed by atoms with Crippen LogP contribution in [0.1, 0.15) is 44.0 Å². The predicted molar refractivity (Wildman–Crippen MR) is 112 cm³/mol. The molecule has 1 aromatic rings. The van der Waals surface area contributed by atoms with Crippen molar-refractivity contribution in [1.29, 1.82) is 0 Å². The topological polar surface area (TPSA) is 87.7 Å². The molecule has 1 aliphatic heterocycles. The number of carbonyl (C=O) groups is 3. The van der Waals surface area contributed by atoms with E-state index in [1.165, 1.54) is 6.07 Å². The van der Waals surface area contributed by atoms with Gasteiger partial charge in [0.25, 0.3) is 5.91 Å². The molecule has 1 aliphatic rings. The van der Waals surface area contributed by atoms with E-state index in [0.717, 1.165) is 12.8 Å². The molecule has 160 valence electrons. The highest BCUT2D eigenvalue weighted by Crippen LogP contribution is 2.23. The smallest absolute Gasteiger partial charge is 0.408 e. The molecule has 1 saturated heterocycles. The van der Waals surface area contributed by atoms with Gasteiger partial charge in [0.15, 0.2) is 0 Å². The van der Waals surface area contributed by atoms with Gasteiger partial charge < -0.3 is 20.3 Å². The molecule has 1 fully saturated rings. The Kier molecular flexibility index (Phi) is 8.16. The zero-order valence-corrected chi connectivity index (χ0v) is 18.4. The molecule has 2 rings (SSSR count). The van der Waals surface area contributed by atoms with Crippen LogP contribution in [0.2, 0.25) is 10.0 Å². The van der Waals surface area contributed by atoms with Crippen LogP contribution in [-0.4, -0.2) is 54.6 Å². The van der Waals surface area contributed by atoms with Gasteiger partial charge in [-0.1, -0.05) is 23.2 Å². The predicted octanol–water partition coefficient (Wildman–Crippen LogP) is 3.49. The van der Waals surface area contributed by atoms with Crippen LogP contribution in [0.15, 0.2) is 18.2 Å². The Morgan fingerprint density at radius 2 is 1.76 bits per heavy atom. The Labute approximate surface area is 181 Å². The maximum atomic E-state index is 12.2. The lowest BCUT2D eigenvalue weighted by atomic mass is 9.96. The highest BCUT2D eigenvalue weighted by Gasteiger charge is 2.24. The van der Waals surface area contributed by atoms with Crippen LogP contribution in [0, 0.1) is 5.92 Å². The van der Waals surface area contributed by atoms with Crippen molar-refractivity contribution in [3.8, 4) is 0 Å². The van der Waals surface area contributed by atoms with Gasteiger partial charge in [-0.05, 0) is 57.7 Å². The molecule has 0 spiro atoms. The minimum Gasteiger partial charge on any atom is -0.444 e. The number of hydrogen-bond donors (Lipinski definition) is 2. The molecular formula is C20H27Cl2N3O4. The minimum atomic E-state index is -0.606. The normalized spacial score (nSPS) is 15.0. The molecule has 0 aliphatic carbocycles. The highest BCUT2D eigenvalue weighted by atomic mass is 35.5. The van der Waals surface area contributed by atoms with E-state index in [4.69, 9.17) is 27.9 Å². The third-order valence-electron chi connectivity index (χ3n) is 4.48. The van der Waals surface area contributed by atoms with E-state index in [9.17, 15) is 14.4 Å². The first kappa shape index (κ1) is 23.3. The second-order valence-corrected chi connectivity index (χ2v) is 8.83. The van der Waals surface area contributed by atoms with Crippen LogP contribution in [0.25, 0.3) is 0 Å². The molecule has 0 saturated carbocycles. The second-order valence-electron chi connectivity index (χ2n) is 8.02. The van der Waals surface area contributed by atoms with E-state index in [2.05, 4.69) is 10.6 Å². The summed E-state index contributed by atoms with van der Waals surface area (Å²) in [6.45, 7) is 6.90. The number of hydrogen-bond acceptors (Lipinski definition) is 4. The zero-order valence-electron chi connectivity index (χ0n) is 16.9. The number of benzene rings is 1. The molecule has 0 atom stereocenters. The van der Waals surface area contributed by atoms with Crippen molar-refractivity contribution in [3.63, 3.8) is 0 Å². The summed E-state index contributed by atoms with van der Waals surface area (Å²) in [4.78, 5) is 37.9. The second kappa shape index (κ2) is 10.2. The summed E-state index contributed by atoms with van der Waals surface area (Å²) in [6.07, 6.45) is 0.949. The molecule has 1 heterocycles. The van der Waals surface area contributed by atoms with E-state index < -0.39 is 11.7 Å². The van der Waals surface area contributed by atoms with Gasteiger partial charge in [-0.15, -0.1) is 0 Å². The van der Waals surface area contributed by atoms with Crippen LogP contribution in [0.4, 0.5) is 4.79 Å². The molecule has 2 N–H and O–H groups in total. The Balaban J connectivity index is 1.70. The van der Waals surface area contributed by atoms with Crippen LogP contribution in [0.3, 0.4) is 0 Å². The average molecular weight is 444 g/mol. The summed E-state index contributed by atoms with van der Waals surface area (Å²) in [5.41, 5.74) is -0.145. The Hall–Kier alpha value is -1.99. The van der Waals surface area contributed by atoms with E-state index in [0.29, 0.717) is 35.2 Å². The Morgan fingerprint density at radius 3 is 2.34 bits per heavy atom. The lowest BCUT2D eigenvalue weighted by molar-refractivity contribution is -0.131. The number of halogens is 2. The van der Waals surface area contributed by atoms with E-state index >= 15 is 0 Å². The molecule has 0 unspecified atom stereocenters. The zero-order chi connectivity index (χ0) is 21.6. The van der Waals surface area contributed by atoms with Gasteiger partial charge in [0.2, 0.25) is 5.91 Å². The highest BCUT2D eigenvalue weighted by molar-refractivity contribution is 6.42. The lowest BCUT2D eigenvalue weighted by Crippen LogP contribution is -2.46. The fraction of sp³-hybridized carbons (Fsp3) is 0.550. The maximum absolute atomic E-state index is 12.2. The van der Waals surface area contributed by atoms with Crippen molar-refractivity contribution in [2.45, 2.75) is 39.2 Å². The van der Waals surface area contributed by atoms with Gasteiger partial charge in [0.1, 0.15) is 12.1 Å². The summed E-state index contributed by atoms with van der Waals surface area (Å²) >= 11 is 11.8. The summed E-state index contributed by atoms with van der Waals surface area (Å²) in [7, 11) is 0. The van der Waals surface area contributed by atoms with Crippen molar-refractivity contribution >= 4 is 41.1 Å². The van der Waals surface area contributed by atoms with Crippen LogP contribution in [-0.2, 0) is 9.53 Å². The number of nitrogens with one attached hydrogen (secondary N) is 2. The quantitative estimate of drug-likeness (QED) is 0.728. The van der Waals surface area contributed by atoms with E-state index in [-0.39, 0.29) is 24.3 Å². The number of rotatable bonds is 5. The molecule has 0 radical (unpaired) electrons. The standard InChI is InChI=1S/C20H27Cl2N3O4/c1-20(2,3)29-19(28)24-12-17(26)25-8-6-13(7-9-25)11-23-18(27)14-4-5-15(21)16(22)10-14/h4-5,10,13H,6-9,11-12H2,1-3H3,(H,23,27)(H,24,28). The number of amides is 3. The molecule has 29 heavy (non-hydrogen) atoms. The molecule has 7 nitrogen and oxygen atoms in total. The Bertz CT molecular complexity index is 757. The molecular weight excluding hydrogens is 417 g/mol. The first-order valence-corrected chi connectivity index (χ1v) is 10.3. The fourth-order valence-corrected chi connectivity index (χ4v) is 3.23. The monoisotopic (exact) mass is 443 g/mol. The summed E-state index contributed by atoms with van der Waals surface area (Å²) in [6, 6.07) is 4.76. The largest absolute Gasteiger partial charge is 0.444 e. The van der Waals surface area contributed by atoms with Crippen molar-refractivity contribution in [1.82, 2.24) is 15.5 Å². The lowest BCUT2D eigenvalue weighted by Gasteiger charge is -2.32. The number of piperidine rings is 1. The van der Waals surface area contributed by atoms with Gasteiger partial charge in [0, 0.05) is 25.2 Å². The van der Waals surface area contributed by atoms with Crippen molar-refractivity contribution in [2.75, 3.05) is 26.2 Å². The first-order valence-electron chi connectivity index (χ1n) is 9.53. The number of carbonyl (C=O) groups excluding carboxylic acids is 3. The number of nitrogens with zero attached hydrogens (tertiary/aromatic N) is 1. The van der Waals surface area contributed by atoms with Gasteiger partial charge in [-0.2, -0.15) is 0 Å². The molecule has 3 amide bonds. The number of alkyl carbamates (subject to hydrolysis) is 1. The fourth-order valence-electron chi connectivity index (χ4n) is 2.94. The van der Waals surface area contributed by atoms with Gasteiger partial charge >= 0.3 is 6.09 Å².